The fourth-order valence-electron chi connectivity index (χ4n) is 2.05. The van der Waals surface area contributed by atoms with Gasteiger partial charge in [-0.1, -0.05) is 12.1 Å². The quantitative estimate of drug-likeness (QED) is 0.802. The molecule has 3 aromatic rings. The van der Waals surface area contributed by atoms with Crippen LogP contribution < -0.4 is 5.32 Å². The number of aryl methyl sites for hydroxylation is 1. The minimum absolute atomic E-state index is 0.0510. The zero-order valence-electron chi connectivity index (χ0n) is 11.6. The average molecular weight is 297 g/mol. The molecule has 0 aliphatic heterocycles. The van der Waals surface area contributed by atoms with E-state index in [0.29, 0.717) is 0 Å². The number of amides is 1. The van der Waals surface area contributed by atoms with Crippen LogP contribution in [0.2, 0.25) is 0 Å². The minimum atomic E-state index is -0.0510. The van der Waals surface area contributed by atoms with Crippen molar-refractivity contribution in [3.05, 3.63) is 65.4 Å². The lowest BCUT2D eigenvalue weighted by atomic mass is 10.2. The van der Waals surface area contributed by atoms with Gasteiger partial charge in [-0.05, 0) is 36.8 Å². The van der Waals surface area contributed by atoms with Gasteiger partial charge in [0.05, 0.1) is 12.1 Å². The van der Waals surface area contributed by atoms with E-state index in [2.05, 4.69) is 10.3 Å². The second-order valence-corrected chi connectivity index (χ2v) is 5.64. The third-order valence-electron chi connectivity index (χ3n) is 3.01. The summed E-state index contributed by atoms with van der Waals surface area (Å²) >= 11 is 1.53. The van der Waals surface area contributed by atoms with Gasteiger partial charge in [0.1, 0.15) is 0 Å². The number of hydrogen-bond donors (Lipinski definition) is 1. The van der Waals surface area contributed by atoms with Crippen molar-refractivity contribution in [2.75, 3.05) is 5.32 Å². The number of nitrogens with one attached hydrogen (secondary N) is 1. The van der Waals surface area contributed by atoms with E-state index in [1.807, 2.05) is 65.7 Å². The highest BCUT2D eigenvalue weighted by atomic mass is 32.1. The molecule has 106 valence electrons. The van der Waals surface area contributed by atoms with Crippen LogP contribution in [0.4, 0.5) is 5.69 Å². The number of aromatic nitrogens is 2. The van der Waals surface area contributed by atoms with E-state index >= 15 is 0 Å². The largest absolute Gasteiger partial charge is 0.326 e. The summed E-state index contributed by atoms with van der Waals surface area (Å²) in [7, 11) is 0. The average Bonchev–Trinajstić information content (AvgIpc) is 3.08. The minimum Gasteiger partial charge on any atom is -0.326 e. The number of nitrogens with zero attached hydrogens (tertiary/aromatic N) is 2. The first-order chi connectivity index (χ1) is 10.2. The molecule has 0 aliphatic rings. The van der Waals surface area contributed by atoms with Crippen LogP contribution in [0.1, 0.15) is 11.3 Å². The molecule has 21 heavy (non-hydrogen) atoms. The molecule has 5 heteroatoms. The van der Waals surface area contributed by atoms with Gasteiger partial charge in [0.25, 0.3) is 0 Å². The van der Waals surface area contributed by atoms with Crippen LogP contribution in [-0.2, 0) is 11.2 Å². The van der Waals surface area contributed by atoms with Gasteiger partial charge in [-0.15, -0.1) is 11.3 Å². The summed E-state index contributed by atoms with van der Waals surface area (Å²) < 4.78 is 1.94. The Kier molecular flexibility index (Phi) is 3.83. The zero-order valence-corrected chi connectivity index (χ0v) is 12.4. The number of carbonyl (C=O) groups excluding carboxylic acids is 1. The van der Waals surface area contributed by atoms with Crippen LogP contribution in [0, 0.1) is 6.92 Å². The number of hydrogen-bond acceptors (Lipinski definition) is 3. The fourth-order valence-corrected chi connectivity index (χ4v) is 2.84. The summed E-state index contributed by atoms with van der Waals surface area (Å²) in [4.78, 5) is 16.5. The predicted molar refractivity (Wildman–Crippen MR) is 85.0 cm³/mol. The maximum absolute atomic E-state index is 12.0. The van der Waals surface area contributed by atoms with Crippen molar-refractivity contribution >= 4 is 22.9 Å². The van der Waals surface area contributed by atoms with Crippen molar-refractivity contribution < 1.29 is 4.79 Å². The molecule has 0 aliphatic carbocycles. The molecule has 0 saturated carbocycles. The smallest absolute Gasteiger partial charge is 0.230 e. The molecule has 0 spiro atoms. The Bertz CT molecular complexity index is 746. The van der Waals surface area contributed by atoms with Crippen molar-refractivity contribution in [2.45, 2.75) is 13.3 Å². The second-order valence-electron chi connectivity index (χ2n) is 4.81. The molecule has 0 atom stereocenters. The van der Waals surface area contributed by atoms with Crippen molar-refractivity contribution in [2.24, 2.45) is 0 Å². The maximum Gasteiger partial charge on any atom is 0.230 e. The molecule has 1 amide bonds. The molecule has 4 nitrogen and oxygen atoms in total. The van der Waals surface area contributed by atoms with Crippen molar-refractivity contribution in [1.82, 2.24) is 9.55 Å². The molecule has 0 unspecified atom stereocenters. The van der Waals surface area contributed by atoms with Gasteiger partial charge in [0.15, 0.2) is 5.13 Å². The normalized spacial score (nSPS) is 10.5. The highest BCUT2D eigenvalue weighted by molar-refractivity contribution is 7.12. The van der Waals surface area contributed by atoms with Crippen LogP contribution >= 0.6 is 11.3 Å². The molecule has 1 N–H and O–H groups in total. The highest BCUT2D eigenvalue weighted by Gasteiger charge is 2.09. The van der Waals surface area contributed by atoms with E-state index in [4.69, 9.17) is 0 Å². The molecule has 0 saturated heterocycles. The Morgan fingerprint density at radius 1 is 1.29 bits per heavy atom. The Morgan fingerprint density at radius 2 is 2.10 bits per heavy atom. The first kappa shape index (κ1) is 13.6. The van der Waals surface area contributed by atoms with Crippen molar-refractivity contribution in [3.63, 3.8) is 0 Å². The fraction of sp³-hybridized carbons (Fsp3) is 0.125. The molecular formula is C16H15N3OS. The molecule has 0 bridgehead atoms. The molecule has 1 aromatic carbocycles. The first-order valence-corrected chi connectivity index (χ1v) is 7.53. The van der Waals surface area contributed by atoms with Crippen LogP contribution in [0.25, 0.3) is 5.13 Å². The lowest BCUT2D eigenvalue weighted by Gasteiger charge is -2.04. The van der Waals surface area contributed by atoms with Gasteiger partial charge >= 0.3 is 0 Å². The van der Waals surface area contributed by atoms with Crippen molar-refractivity contribution in [3.8, 4) is 5.13 Å². The van der Waals surface area contributed by atoms with Crippen LogP contribution in [0.3, 0.4) is 0 Å². The maximum atomic E-state index is 12.0. The summed E-state index contributed by atoms with van der Waals surface area (Å²) in [6.45, 7) is 2.00. The summed E-state index contributed by atoms with van der Waals surface area (Å²) in [6, 6.07) is 11.7. The Balaban J connectivity index is 1.65. The van der Waals surface area contributed by atoms with E-state index < -0.39 is 0 Å². The molecule has 0 radical (unpaired) electrons. The molecule has 2 aromatic heterocycles. The Labute approximate surface area is 127 Å². The van der Waals surface area contributed by atoms with Gasteiger partial charge in [-0.25, -0.2) is 4.98 Å². The Hall–Kier alpha value is -2.40. The van der Waals surface area contributed by atoms with Gasteiger partial charge in [-0.2, -0.15) is 0 Å². The zero-order chi connectivity index (χ0) is 14.7. The van der Waals surface area contributed by atoms with Crippen LogP contribution in [-0.4, -0.2) is 15.5 Å². The second kappa shape index (κ2) is 5.93. The monoisotopic (exact) mass is 297 g/mol. The summed E-state index contributed by atoms with van der Waals surface area (Å²) in [5.41, 5.74) is 2.73. The van der Waals surface area contributed by atoms with Gasteiger partial charge in [-0.3, -0.25) is 4.79 Å². The summed E-state index contributed by atoms with van der Waals surface area (Å²) in [5.74, 6) is -0.0510. The number of carbonyl (C=O) groups is 1. The molecule has 0 fully saturated rings. The van der Waals surface area contributed by atoms with E-state index in [1.165, 1.54) is 11.3 Å². The topological polar surface area (TPSA) is 46.9 Å². The predicted octanol–water partition coefficient (Wildman–Crippen LogP) is 3.42. The van der Waals surface area contributed by atoms with Crippen molar-refractivity contribution in [1.29, 1.82) is 0 Å². The SMILES string of the molecule is Cc1cccc(NC(=O)Cc2csc(-n3cccc3)n2)c1. The number of benzene rings is 1. The van der Waals surface area contributed by atoms with Crippen LogP contribution in [0.15, 0.2) is 54.2 Å². The highest BCUT2D eigenvalue weighted by Crippen LogP contribution is 2.16. The summed E-state index contributed by atoms with van der Waals surface area (Å²) in [5, 5.41) is 5.69. The molecule has 3 rings (SSSR count). The lowest BCUT2D eigenvalue weighted by Crippen LogP contribution is -2.14. The third-order valence-corrected chi connectivity index (χ3v) is 3.91. The van der Waals surface area contributed by atoms with Gasteiger partial charge in [0.2, 0.25) is 5.91 Å². The van der Waals surface area contributed by atoms with Gasteiger partial charge in [0, 0.05) is 23.5 Å². The van der Waals surface area contributed by atoms with Gasteiger partial charge < -0.3 is 9.88 Å². The first-order valence-electron chi connectivity index (χ1n) is 6.65. The standard InChI is InChI=1S/C16H15N3OS/c1-12-5-4-6-13(9-12)17-15(20)10-14-11-21-16(18-14)19-7-2-3-8-19/h2-9,11H,10H2,1H3,(H,17,20). The van der Waals surface area contributed by atoms with E-state index in [9.17, 15) is 4.79 Å². The molecule has 2 heterocycles. The van der Waals surface area contributed by atoms with Crippen LogP contribution in [0.5, 0.6) is 0 Å². The lowest BCUT2D eigenvalue weighted by molar-refractivity contribution is -0.115. The van der Waals surface area contributed by atoms with E-state index in [-0.39, 0.29) is 12.3 Å². The molecular weight excluding hydrogens is 282 g/mol. The number of thiazole rings is 1. The Morgan fingerprint density at radius 3 is 2.86 bits per heavy atom. The number of anilines is 1. The third kappa shape index (κ3) is 3.38. The van der Waals surface area contributed by atoms with E-state index in [1.54, 1.807) is 0 Å². The number of rotatable bonds is 4. The van der Waals surface area contributed by atoms with E-state index in [0.717, 1.165) is 22.1 Å². The summed E-state index contributed by atoms with van der Waals surface area (Å²) in [6.07, 6.45) is 4.16.